The molecule has 0 aliphatic rings. The average molecular weight is 175 g/mol. The summed E-state index contributed by atoms with van der Waals surface area (Å²) in [6, 6.07) is 7.94. The van der Waals surface area contributed by atoms with E-state index < -0.39 is 0 Å². The minimum Gasteiger partial charge on any atom is -0.398 e. The van der Waals surface area contributed by atoms with Crippen LogP contribution in [-0.4, -0.2) is 0 Å². The standard InChI is InChI=1S/C12H17N/c1-2-3-4-5-8-11-9-6-7-10-12(11)13/h5-10H,2-4,13H2,1H3/b8-5-. The Labute approximate surface area is 80.3 Å². The van der Waals surface area contributed by atoms with Gasteiger partial charge in [0.15, 0.2) is 0 Å². The number of anilines is 1. The molecule has 1 heteroatoms. The van der Waals surface area contributed by atoms with Gasteiger partial charge in [0.25, 0.3) is 0 Å². The van der Waals surface area contributed by atoms with Gasteiger partial charge in [-0.2, -0.15) is 0 Å². The van der Waals surface area contributed by atoms with E-state index in [-0.39, 0.29) is 0 Å². The number of hydrogen-bond donors (Lipinski definition) is 1. The Bertz CT molecular complexity index is 276. The van der Waals surface area contributed by atoms with Crippen LogP contribution in [-0.2, 0) is 0 Å². The highest BCUT2D eigenvalue weighted by Gasteiger charge is 1.90. The van der Waals surface area contributed by atoms with Crippen molar-refractivity contribution in [1.29, 1.82) is 0 Å². The predicted molar refractivity (Wildman–Crippen MR) is 59.4 cm³/mol. The molecular weight excluding hydrogens is 158 g/mol. The summed E-state index contributed by atoms with van der Waals surface area (Å²) >= 11 is 0. The number of benzene rings is 1. The minimum absolute atomic E-state index is 0.857. The van der Waals surface area contributed by atoms with Gasteiger partial charge < -0.3 is 5.73 Å². The van der Waals surface area contributed by atoms with E-state index in [1.807, 2.05) is 24.3 Å². The molecule has 0 atom stereocenters. The van der Waals surface area contributed by atoms with Crippen molar-refractivity contribution in [3.05, 3.63) is 35.9 Å². The van der Waals surface area contributed by atoms with Gasteiger partial charge >= 0.3 is 0 Å². The largest absolute Gasteiger partial charge is 0.398 e. The van der Waals surface area contributed by atoms with Crippen LogP contribution >= 0.6 is 0 Å². The zero-order chi connectivity index (χ0) is 9.52. The van der Waals surface area contributed by atoms with Crippen molar-refractivity contribution in [2.24, 2.45) is 0 Å². The molecular formula is C12H17N. The maximum absolute atomic E-state index is 5.78. The molecule has 0 amide bonds. The third-order valence-electron chi connectivity index (χ3n) is 2.02. The van der Waals surface area contributed by atoms with Crippen molar-refractivity contribution >= 4 is 11.8 Å². The summed E-state index contributed by atoms with van der Waals surface area (Å²) in [5.41, 5.74) is 7.76. The Morgan fingerprint density at radius 1 is 1.31 bits per heavy atom. The first-order chi connectivity index (χ1) is 6.34. The first-order valence-corrected chi connectivity index (χ1v) is 4.85. The van der Waals surface area contributed by atoms with Gasteiger partial charge in [-0.1, -0.05) is 50.1 Å². The Morgan fingerprint density at radius 3 is 2.77 bits per heavy atom. The van der Waals surface area contributed by atoms with E-state index in [4.69, 9.17) is 5.73 Å². The van der Waals surface area contributed by atoms with Gasteiger partial charge in [0, 0.05) is 5.69 Å². The maximum Gasteiger partial charge on any atom is 0.0387 e. The molecule has 0 aliphatic heterocycles. The lowest BCUT2D eigenvalue weighted by Gasteiger charge is -1.97. The average Bonchev–Trinajstić information content (AvgIpc) is 2.15. The van der Waals surface area contributed by atoms with E-state index in [9.17, 15) is 0 Å². The normalized spacial score (nSPS) is 10.8. The van der Waals surface area contributed by atoms with Gasteiger partial charge in [0.2, 0.25) is 0 Å². The fourth-order valence-corrected chi connectivity index (χ4v) is 1.19. The lowest BCUT2D eigenvalue weighted by atomic mass is 10.1. The Kier molecular flexibility index (Phi) is 4.10. The van der Waals surface area contributed by atoms with Gasteiger partial charge in [-0.05, 0) is 18.1 Å². The molecule has 0 heterocycles. The number of hydrogen-bond acceptors (Lipinski definition) is 1. The molecule has 1 rings (SSSR count). The summed E-state index contributed by atoms with van der Waals surface area (Å²) in [4.78, 5) is 0. The van der Waals surface area contributed by atoms with Gasteiger partial charge in [-0.25, -0.2) is 0 Å². The van der Waals surface area contributed by atoms with Crippen LogP contribution in [0.2, 0.25) is 0 Å². The fourth-order valence-electron chi connectivity index (χ4n) is 1.19. The third kappa shape index (κ3) is 3.32. The molecule has 0 saturated carbocycles. The molecule has 0 radical (unpaired) electrons. The molecule has 0 saturated heterocycles. The van der Waals surface area contributed by atoms with Gasteiger partial charge in [0.1, 0.15) is 0 Å². The van der Waals surface area contributed by atoms with E-state index in [2.05, 4.69) is 19.1 Å². The smallest absolute Gasteiger partial charge is 0.0387 e. The topological polar surface area (TPSA) is 26.0 Å². The highest BCUT2D eigenvalue weighted by molar-refractivity contribution is 5.63. The summed E-state index contributed by atoms with van der Waals surface area (Å²) in [5, 5.41) is 0. The summed E-state index contributed by atoms with van der Waals surface area (Å²) in [6.45, 7) is 2.20. The van der Waals surface area contributed by atoms with E-state index in [0.717, 1.165) is 17.7 Å². The highest BCUT2D eigenvalue weighted by atomic mass is 14.5. The van der Waals surface area contributed by atoms with Crippen LogP contribution in [0.1, 0.15) is 31.7 Å². The SMILES string of the molecule is CCCC/C=C\c1ccccc1N. The number of nitrogen functional groups attached to an aromatic ring is 1. The second-order valence-corrected chi connectivity index (χ2v) is 3.17. The predicted octanol–water partition coefficient (Wildman–Crippen LogP) is 3.47. The first-order valence-electron chi connectivity index (χ1n) is 4.85. The van der Waals surface area contributed by atoms with Crippen LogP contribution < -0.4 is 5.73 Å². The lowest BCUT2D eigenvalue weighted by molar-refractivity contribution is 0.816. The molecule has 0 aromatic heterocycles. The van der Waals surface area contributed by atoms with Crippen LogP contribution in [0.25, 0.3) is 6.08 Å². The van der Waals surface area contributed by atoms with Crippen LogP contribution in [0.5, 0.6) is 0 Å². The van der Waals surface area contributed by atoms with Crippen LogP contribution in [0.15, 0.2) is 30.3 Å². The van der Waals surface area contributed by atoms with Crippen LogP contribution in [0.4, 0.5) is 5.69 Å². The van der Waals surface area contributed by atoms with Crippen molar-refractivity contribution < 1.29 is 0 Å². The zero-order valence-electron chi connectivity index (χ0n) is 8.16. The molecule has 2 N–H and O–H groups in total. The van der Waals surface area contributed by atoms with E-state index in [0.29, 0.717) is 0 Å². The molecule has 0 unspecified atom stereocenters. The van der Waals surface area contributed by atoms with Crippen LogP contribution in [0, 0.1) is 0 Å². The maximum atomic E-state index is 5.78. The minimum atomic E-state index is 0.857. The summed E-state index contributed by atoms with van der Waals surface area (Å²) in [7, 11) is 0. The van der Waals surface area contributed by atoms with Crippen molar-refractivity contribution in [2.75, 3.05) is 5.73 Å². The Hall–Kier alpha value is -1.24. The molecule has 70 valence electrons. The number of nitrogens with two attached hydrogens (primary N) is 1. The van der Waals surface area contributed by atoms with E-state index in [1.165, 1.54) is 12.8 Å². The number of allylic oxidation sites excluding steroid dienone is 1. The molecule has 0 aliphatic carbocycles. The van der Waals surface area contributed by atoms with Crippen LogP contribution in [0.3, 0.4) is 0 Å². The quantitative estimate of drug-likeness (QED) is 0.550. The number of para-hydroxylation sites is 1. The summed E-state index contributed by atoms with van der Waals surface area (Å²) in [5.74, 6) is 0. The summed E-state index contributed by atoms with van der Waals surface area (Å²) < 4.78 is 0. The van der Waals surface area contributed by atoms with Gasteiger partial charge in [-0.3, -0.25) is 0 Å². The molecule has 13 heavy (non-hydrogen) atoms. The number of unbranched alkanes of at least 4 members (excludes halogenated alkanes) is 2. The van der Waals surface area contributed by atoms with E-state index in [1.54, 1.807) is 0 Å². The molecule has 0 spiro atoms. The van der Waals surface area contributed by atoms with Crippen molar-refractivity contribution in [3.8, 4) is 0 Å². The van der Waals surface area contributed by atoms with Crippen molar-refractivity contribution in [3.63, 3.8) is 0 Å². The van der Waals surface area contributed by atoms with Crippen molar-refractivity contribution in [1.82, 2.24) is 0 Å². The Morgan fingerprint density at radius 2 is 2.08 bits per heavy atom. The zero-order valence-corrected chi connectivity index (χ0v) is 8.16. The van der Waals surface area contributed by atoms with Gasteiger partial charge in [0.05, 0.1) is 0 Å². The molecule has 1 aromatic rings. The monoisotopic (exact) mass is 175 g/mol. The highest BCUT2D eigenvalue weighted by Crippen LogP contribution is 2.12. The second-order valence-electron chi connectivity index (χ2n) is 3.17. The second kappa shape index (κ2) is 5.41. The fraction of sp³-hybridized carbons (Fsp3) is 0.333. The molecule has 1 aromatic carbocycles. The molecule has 0 fully saturated rings. The van der Waals surface area contributed by atoms with Gasteiger partial charge in [-0.15, -0.1) is 0 Å². The summed E-state index contributed by atoms with van der Waals surface area (Å²) in [6.07, 6.45) is 7.93. The number of rotatable bonds is 4. The first kappa shape index (κ1) is 9.85. The van der Waals surface area contributed by atoms with E-state index >= 15 is 0 Å². The van der Waals surface area contributed by atoms with Crippen molar-refractivity contribution in [2.45, 2.75) is 26.2 Å². The lowest BCUT2D eigenvalue weighted by Crippen LogP contribution is -1.87. The molecule has 0 bridgehead atoms. The Balaban J connectivity index is 2.53. The molecule has 1 nitrogen and oxygen atoms in total. The third-order valence-corrected chi connectivity index (χ3v) is 2.02.